The highest BCUT2D eigenvalue weighted by Gasteiger charge is 2.42. The van der Waals surface area contributed by atoms with Crippen molar-refractivity contribution in [1.29, 1.82) is 0 Å². The Bertz CT molecular complexity index is 1050. The summed E-state index contributed by atoms with van der Waals surface area (Å²) in [4.78, 5) is 23.9. The molecule has 41 heavy (non-hydrogen) atoms. The summed E-state index contributed by atoms with van der Waals surface area (Å²) in [6.45, 7) is 3.71. The number of allylic oxidation sites excluding steroid dienone is 1. The molecule has 2 saturated heterocycles. The number of hydrogen-bond acceptors (Lipinski definition) is 7. The molecule has 1 N–H and O–H groups in total. The van der Waals surface area contributed by atoms with E-state index in [1.165, 1.54) is 0 Å². The molecule has 1 aromatic carbocycles. The fourth-order valence-corrected chi connectivity index (χ4v) is 5.43. The number of hydrogen-bond donors (Lipinski definition) is 1. The molecule has 1 saturated carbocycles. The molecule has 8 nitrogen and oxygen atoms in total. The van der Waals surface area contributed by atoms with Crippen LogP contribution in [-0.4, -0.2) is 61.5 Å². The van der Waals surface area contributed by atoms with Crippen LogP contribution in [0.25, 0.3) is 0 Å². The number of carbonyl (C=O) groups is 2. The maximum absolute atomic E-state index is 13.2. The van der Waals surface area contributed by atoms with E-state index in [4.69, 9.17) is 28.8 Å². The molecule has 0 radical (unpaired) electrons. The van der Waals surface area contributed by atoms with Gasteiger partial charge in [-0.3, -0.25) is 9.59 Å². The maximum atomic E-state index is 13.2. The molecule has 3 fully saturated rings. The fourth-order valence-electron chi connectivity index (χ4n) is 5.43. The predicted octanol–water partition coefficient (Wildman–Crippen LogP) is 5.93. The van der Waals surface area contributed by atoms with Crippen LogP contribution in [0, 0.1) is 18.8 Å². The minimum absolute atomic E-state index is 0.0582. The van der Waals surface area contributed by atoms with Crippen LogP contribution >= 0.6 is 0 Å². The molecule has 4 rings (SSSR count). The van der Waals surface area contributed by atoms with Crippen LogP contribution in [-0.2, 0) is 28.5 Å². The Balaban J connectivity index is 1.48. The van der Waals surface area contributed by atoms with Crippen LogP contribution in [0.15, 0.2) is 54.3 Å². The smallest absolute Gasteiger partial charge is 0.303 e. The standard InChI is InChI=1S/C33H44O8/c1-24-14-16-25(17-15-24)39-23-26(40-32-12-6-8-20-37-32)18-19-28-27(10-4-2-3-5-11-31(35)36)29(34)22-30(28)41-33-13-7-9-21-38-33/h3-4,14-19,26-28,30,32-33H,5-13,20-23H2,1H3,(H,35,36)/b19-18+/t2?,26?,27-,28-,30?,32?,33?/m1/s1. The Morgan fingerprint density at radius 3 is 2.49 bits per heavy atom. The second-order valence-corrected chi connectivity index (χ2v) is 11.0. The van der Waals surface area contributed by atoms with Gasteiger partial charge in [0.25, 0.3) is 0 Å². The van der Waals surface area contributed by atoms with Gasteiger partial charge in [-0.25, -0.2) is 0 Å². The van der Waals surface area contributed by atoms with Gasteiger partial charge in [0.1, 0.15) is 24.2 Å². The zero-order chi connectivity index (χ0) is 28.9. The first-order chi connectivity index (χ1) is 20.0. The molecule has 0 amide bonds. The largest absolute Gasteiger partial charge is 0.491 e. The van der Waals surface area contributed by atoms with Gasteiger partial charge >= 0.3 is 5.97 Å². The fraction of sp³-hybridized carbons (Fsp3) is 0.606. The molecule has 0 aromatic heterocycles. The van der Waals surface area contributed by atoms with Gasteiger partial charge in [0, 0.05) is 37.9 Å². The molecule has 6 atom stereocenters. The number of carboxylic acid groups (broad SMARTS) is 1. The molecule has 0 spiro atoms. The van der Waals surface area contributed by atoms with E-state index >= 15 is 0 Å². The first-order valence-electron chi connectivity index (χ1n) is 15.0. The lowest BCUT2D eigenvalue weighted by molar-refractivity contribution is -0.192. The maximum Gasteiger partial charge on any atom is 0.303 e. The van der Waals surface area contributed by atoms with Crippen LogP contribution in [0.3, 0.4) is 0 Å². The summed E-state index contributed by atoms with van der Waals surface area (Å²) >= 11 is 0. The number of aliphatic carboxylic acids is 1. The van der Waals surface area contributed by atoms with Gasteiger partial charge in [0.15, 0.2) is 12.6 Å². The number of Topliss-reactive ketones (excluding diaryl/α,β-unsaturated/α-hetero) is 1. The Kier molecular flexibility index (Phi) is 12.7. The highest BCUT2D eigenvalue weighted by atomic mass is 16.7. The predicted molar refractivity (Wildman–Crippen MR) is 153 cm³/mol. The number of carboxylic acids is 1. The molecule has 4 unspecified atom stereocenters. The van der Waals surface area contributed by atoms with Crippen molar-refractivity contribution < 1.29 is 38.4 Å². The van der Waals surface area contributed by atoms with Crippen molar-refractivity contribution in [3.8, 4) is 5.75 Å². The van der Waals surface area contributed by atoms with Crippen molar-refractivity contribution in [2.45, 2.75) is 95.9 Å². The van der Waals surface area contributed by atoms with Gasteiger partial charge in [-0.15, -0.1) is 5.73 Å². The highest BCUT2D eigenvalue weighted by molar-refractivity contribution is 5.85. The van der Waals surface area contributed by atoms with E-state index in [2.05, 4.69) is 11.8 Å². The van der Waals surface area contributed by atoms with Crippen molar-refractivity contribution in [3.63, 3.8) is 0 Å². The Morgan fingerprint density at radius 1 is 1.07 bits per heavy atom. The van der Waals surface area contributed by atoms with Crippen molar-refractivity contribution in [2.75, 3.05) is 19.8 Å². The van der Waals surface area contributed by atoms with E-state index in [1.807, 2.05) is 43.3 Å². The molecule has 3 aliphatic rings. The summed E-state index contributed by atoms with van der Waals surface area (Å²) in [7, 11) is 0. The lowest BCUT2D eigenvalue weighted by Gasteiger charge is -2.29. The van der Waals surface area contributed by atoms with Gasteiger partial charge in [0.2, 0.25) is 0 Å². The van der Waals surface area contributed by atoms with E-state index in [-0.39, 0.29) is 48.8 Å². The van der Waals surface area contributed by atoms with Gasteiger partial charge in [0.05, 0.1) is 6.10 Å². The van der Waals surface area contributed by atoms with E-state index in [0.717, 1.165) is 49.8 Å². The van der Waals surface area contributed by atoms with Crippen molar-refractivity contribution in [2.24, 2.45) is 11.8 Å². The summed E-state index contributed by atoms with van der Waals surface area (Å²) in [6, 6.07) is 7.92. The van der Waals surface area contributed by atoms with E-state index in [1.54, 1.807) is 6.08 Å². The number of ether oxygens (including phenoxy) is 5. The third kappa shape index (κ3) is 10.6. The molecular weight excluding hydrogens is 524 g/mol. The topological polar surface area (TPSA) is 101 Å². The molecule has 0 bridgehead atoms. The van der Waals surface area contributed by atoms with Crippen LogP contribution < -0.4 is 4.74 Å². The first-order valence-corrected chi connectivity index (χ1v) is 15.0. The molecule has 2 aliphatic heterocycles. The summed E-state index contributed by atoms with van der Waals surface area (Å²) < 4.78 is 30.5. The molecular formula is C33H44O8. The second kappa shape index (κ2) is 16.6. The minimum atomic E-state index is -0.842. The molecule has 8 heteroatoms. The molecule has 2 heterocycles. The molecule has 1 aliphatic carbocycles. The number of benzene rings is 1. The highest BCUT2D eigenvalue weighted by Crippen LogP contribution is 2.37. The third-order valence-corrected chi connectivity index (χ3v) is 7.73. The summed E-state index contributed by atoms with van der Waals surface area (Å²) in [6.07, 6.45) is 13.5. The van der Waals surface area contributed by atoms with Crippen LogP contribution in [0.1, 0.15) is 69.8 Å². The van der Waals surface area contributed by atoms with Crippen molar-refractivity contribution in [3.05, 3.63) is 59.9 Å². The average Bonchev–Trinajstić information content (AvgIpc) is 3.27. The SMILES string of the molecule is Cc1ccc(OCC(/C=C/[C@H]2C(OC3CCCCO3)CC(=O)[C@@H]2CC=C=CCCC(=O)O)OC2CCCCO2)cc1. The van der Waals surface area contributed by atoms with E-state index in [9.17, 15) is 9.59 Å². The van der Waals surface area contributed by atoms with Crippen LogP contribution in [0.5, 0.6) is 5.75 Å². The quantitative estimate of drug-likeness (QED) is 0.218. The first kappa shape index (κ1) is 31.2. The normalized spacial score (nSPS) is 27.3. The van der Waals surface area contributed by atoms with Crippen LogP contribution in [0.2, 0.25) is 0 Å². The minimum Gasteiger partial charge on any atom is -0.491 e. The second-order valence-electron chi connectivity index (χ2n) is 11.0. The van der Waals surface area contributed by atoms with Crippen LogP contribution in [0.4, 0.5) is 0 Å². The molecule has 1 aromatic rings. The summed E-state index contributed by atoms with van der Waals surface area (Å²) in [5.74, 6) is -0.363. The van der Waals surface area contributed by atoms with Gasteiger partial charge < -0.3 is 28.8 Å². The Morgan fingerprint density at radius 2 is 1.80 bits per heavy atom. The average molecular weight is 569 g/mol. The number of aryl methyl sites for hydroxylation is 1. The zero-order valence-corrected chi connectivity index (χ0v) is 24.1. The van der Waals surface area contributed by atoms with Crippen molar-refractivity contribution >= 4 is 11.8 Å². The van der Waals surface area contributed by atoms with Gasteiger partial charge in [-0.1, -0.05) is 29.8 Å². The Labute approximate surface area is 243 Å². The summed E-state index contributed by atoms with van der Waals surface area (Å²) in [5.41, 5.74) is 4.21. The van der Waals surface area contributed by atoms with Gasteiger partial charge in [-0.2, -0.15) is 0 Å². The van der Waals surface area contributed by atoms with Gasteiger partial charge in [-0.05, 0) is 82.6 Å². The van der Waals surface area contributed by atoms with E-state index in [0.29, 0.717) is 39.1 Å². The monoisotopic (exact) mass is 568 g/mol. The van der Waals surface area contributed by atoms with Crippen molar-refractivity contribution in [1.82, 2.24) is 0 Å². The molecule has 224 valence electrons. The lowest BCUT2D eigenvalue weighted by atomic mass is 9.90. The Hall–Kier alpha value is -2.74. The zero-order valence-electron chi connectivity index (χ0n) is 24.1. The third-order valence-electron chi connectivity index (χ3n) is 7.73. The number of ketones is 1. The summed E-state index contributed by atoms with van der Waals surface area (Å²) in [5, 5.41) is 8.84. The number of rotatable bonds is 14. The lowest BCUT2D eigenvalue weighted by Crippen LogP contribution is -2.32. The number of carbonyl (C=O) groups excluding carboxylic acids is 1. The van der Waals surface area contributed by atoms with E-state index < -0.39 is 5.97 Å².